The summed E-state index contributed by atoms with van der Waals surface area (Å²) >= 11 is 0. The lowest BCUT2D eigenvalue weighted by Gasteiger charge is -2.44. The lowest BCUT2D eigenvalue weighted by Crippen LogP contribution is -2.60. The van der Waals surface area contributed by atoms with E-state index >= 15 is 0 Å². The van der Waals surface area contributed by atoms with Gasteiger partial charge >= 0.3 is 0 Å². The van der Waals surface area contributed by atoms with Gasteiger partial charge in [-0.2, -0.15) is 0 Å². The minimum absolute atomic E-state index is 0.523. The molecule has 0 aromatic carbocycles. The SMILES string of the molecule is CCn1ccnc1N1CC(C)(O)C1. The van der Waals surface area contributed by atoms with Gasteiger partial charge in [0.15, 0.2) is 0 Å². The van der Waals surface area contributed by atoms with Crippen molar-refractivity contribution in [2.75, 3.05) is 18.0 Å². The van der Waals surface area contributed by atoms with E-state index in [9.17, 15) is 5.11 Å². The minimum Gasteiger partial charge on any atom is -0.386 e. The highest BCUT2D eigenvalue weighted by atomic mass is 16.3. The van der Waals surface area contributed by atoms with Crippen LogP contribution in [0.3, 0.4) is 0 Å². The first-order valence-electron chi connectivity index (χ1n) is 4.61. The van der Waals surface area contributed by atoms with Crippen LogP contribution in [0, 0.1) is 0 Å². The molecule has 2 heterocycles. The molecule has 1 aromatic rings. The van der Waals surface area contributed by atoms with Crippen LogP contribution < -0.4 is 4.90 Å². The summed E-state index contributed by atoms with van der Waals surface area (Å²) in [6, 6.07) is 0. The summed E-state index contributed by atoms with van der Waals surface area (Å²) in [5, 5.41) is 9.57. The fraction of sp³-hybridized carbons (Fsp3) is 0.667. The number of aromatic nitrogens is 2. The number of anilines is 1. The lowest BCUT2D eigenvalue weighted by molar-refractivity contribution is 0.0296. The van der Waals surface area contributed by atoms with E-state index in [0.29, 0.717) is 13.1 Å². The first kappa shape index (κ1) is 8.56. The summed E-state index contributed by atoms with van der Waals surface area (Å²) < 4.78 is 2.08. The largest absolute Gasteiger partial charge is 0.386 e. The Labute approximate surface area is 77.8 Å². The molecule has 72 valence electrons. The van der Waals surface area contributed by atoms with Gasteiger partial charge in [0.1, 0.15) is 0 Å². The van der Waals surface area contributed by atoms with E-state index in [1.54, 1.807) is 6.20 Å². The minimum atomic E-state index is -0.523. The van der Waals surface area contributed by atoms with E-state index in [2.05, 4.69) is 21.4 Å². The van der Waals surface area contributed by atoms with Crippen molar-refractivity contribution < 1.29 is 5.11 Å². The van der Waals surface area contributed by atoms with Crippen molar-refractivity contribution in [2.24, 2.45) is 0 Å². The Kier molecular flexibility index (Phi) is 1.80. The summed E-state index contributed by atoms with van der Waals surface area (Å²) in [5.74, 6) is 0.967. The normalized spacial score (nSPS) is 20.1. The molecule has 0 aliphatic carbocycles. The van der Waals surface area contributed by atoms with Gasteiger partial charge in [-0.1, -0.05) is 0 Å². The molecule has 0 unspecified atom stereocenters. The quantitative estimate of drug-likeness (QED) is 0.721. The Bertz CT molecular complexity index is 298. The van der Waals surface area contributed by atoms with Crippen molar-refractivity contribution >= 4 is 5.95 Å². The maximum atomic E-state index is 9.57. The second kappa shape index (κ2) is 2.73. The highest BCUT2D eigenvalue weighted by molar-refractivity contribution is 5.37. The molecule has 13 heavy (non-hydrogen) atoms. The highest BCUT2D eigenvalue weighted by Gasteiger charge is 2.38. The van der Waals surface area contributed by atoms with Crippen molar-refractivity contribution in [3.63, 3.8) is 0 Å². The zero-order chi connectivity index (χ0) is 9.47. The first-order chi connectivity index (χ1) is 6.12. The predicted molar refractivity (Wildman–Crippen MR) is 50.7 cm³/mol. The van der Waals surface area contributed by atoms with E-state index in [1.165, 1.54) is 0 Å². The second-order valence-corrected chi connectivity index (χ2v) is 3.87. The maximum absolute atomic E-state index is 9.57. The Morgan fingerprint density at radius 1 is 1.62 bits per heavy atom. The van der Waals surface area contributed by atoms with Gasteiger partial charge in [0, 0.05) is 18.9 Å². The average molecular weight is 181 g/mol. The Morgan fingerprint density at radius 2 is 2.31 bits per heavy atom. The first-order valence-corrected chi connectivity index (χ1v) is 4.61. The predicted octanol–water partition coefficient (Wildman–Crippen LogP) is 0.474. The van der Waals surface area contributed by atoms with Crippen LogP contribution in [0.4, 0.5) is 5.95 Å². The number of hydrogen-bond donors (Lipinski definition) is 1. The third-order valence-electron chi connectivity index (χ3n) is 2.38. The molecule has 1 aromatic heterocycles. The fourth-order valence-electron chi connectivity index (χ4n) is 1.75. The molecule has 0 spiro atoms. The Balaban J connectivity index is 2.11. The van der Waals surface area contributed by atoms with Crippen LogP contribution >= 0.6 is 0 Å². The molecule has 0 bridgehead atoms. The Morgan fingerprint density at radius 3 is 2.85 bits per heavy atom. The van der Waals surface area contributed by atoms with E-state index in [-0.39, 0.29) is 0 Å². The van der Waals surface area contributed by atoms with Crippen LogP contribution in [-0.4, -0.2) is 33.3 Å². The number of imidazole rings is 1. The van der Waals surface area contributed by atoms with Gasteiger partial charge in [-0.15, -0.1) is 0 Å². The van der Waals surface area contributed by atoms with E-state index in [1.807, 2.05) is 13.1 Å². The molecule has 0 atom stereocenters. The topological polar surface area (TPSA) is 41.3 Å². The zero-order valence-corrected chi connectivity index (χ0v) is 8.06. The maximum Gasteiger partial charge on any atom is 0.205 e. The smallest absolute Gasteiger partial charge is 0.205 e. The van der Waals surface area contributed by atoms with Gasteiger partial charge in [0.2, 0.25) is 5.95 Å². The standard InChI is InChI=1S/C9H15N3O/c1-3-11-5-4-10-8(11)12-6-9(2,13)7-12/h4-5,13H,3,6-7H2,1-2H3. The molecular formula is C9H15N3O. The van der Waals surface area contributed by atoms with Crippen molar-refractivity contribution in [1.82, 2.24) is 9.55 Å². The molecule has 1 aliphatic heterocycles. The third-order valence-corrected chi connectivity index (χ3v) is 2.38. The summed E-state index contributed by atoms with van der Waals surface area (Å²) in [6.07, 6.45) is 3.76. The number of nitrogens with zero attached hydrogens (tertiary/aromatic N) is 3. The van der Waals surface area contributed by atoms with Crippen LogP contribution in [0.1, 0.15) is 13.8 Å². The van der Waals surface area contributed by atoms with Crippen LogP contribution in [0.25, 0.3) is 0 Å². The molecular weight excluding hydrogens is 166 g/mol. The van der Waals surface area contributed by atoms with Crippen molar-refractivity contribution in [1.29, 1.82) is 0 Å². The molecule has 1 fully saturated rings. The van der Waals surface area contributed by atoms with Crippen LogP contribution in [0.5, 0.6) is 0 Å². The fourth-order valence-corrected chi connectivity index (χ4v) is 1.75. The van der Waals surface area contributed by atoms with Crippen molar-refractivity contribution in [2.45, 2.75) is 26.0 Å². The van der Waals surface area contributed by atoms with Crippen LogP contribution in [0.2, 0.25) is 0 Å². The molecule has 1 N–H and O–H groups in total. The molecule has 1 aliphatic rings. The van der Waals surface area contributed by atoms with E-state index in [0.717, 1.165) is 12.5 Å². The van der Waals surface area contributed by atoms with Gasteiger partial charge in [-0.05, 0) is 13.8 Å². The summed E-state index contributed by atoms with van der Waals surface area (Å²) in [7, 11) is 0. The molecule has 0 radical (unpaired) electrons. The van der Waals surface area contributed by atoms with Crippen molar-refractivity contribution in [3.05, 3.63) is 12.4 Å². The van der Waals surface area contributed by atoms with Gasteiger partial charge < -0.3 is 14.6 Å². The summed E-state index contributed by atoms with van der Waals surface area (Å²) in [5.41, 5.74) is -0.523. The van der Waals surface area contributed by atoms with Crippen LogP contribution in [-0.2, 0) is 6.54 Å². The van der Waals surface area contributed by atoms with Gasteiger partial charge in [0.25, 0.3) is 0 Å². The molecule has 0 saturated carbocycles. The molecule has 0 amide bonds. The van der Waals surface area contributed by atoms with Gasteiger partial charge in [-0.3, -0.25) is 0 Å². The summed E-state index contributed by atoms with van der Waals surface area (Å²) in [6.45, 7) is 6.23. The Hall–Kier alpha value is -1.03. The van der Waals surface area contributed by atoms with Gasteiger partial charge in [-0.25, -0.2) is 4.98 Å². The monoisotopic (exact) mass is 181 g/mol. The van der Waals surface area contributed by atoms with Crippen molar-refractivity contribution in [3.8, 4) is 0 Å². The number of aryl methyl sites for hydroxylation is 1. The summed E-state index contributed by atoms with van der Waals surface area (Å²) in [4.78, 5) is 6.34. The van der Waals surface area contributed by atoms with E-state index in [4.69, 9.17) is 0 Å². The number of hydrogen-bond acceptors (Lipinski definition) is 3. The number of aliphatic hydroxyl groups is 1. The van der Waals surface area contributed by atoms with Crippen LogP contribution in [0.15, 0.2) is 12.4 Å². The van der Waals surface area contributed by atoms with E-state index < -0.39 is 5.60 Å². The second-order valence-electron chi connectivity index (χ2n) is 3.87. The zero-order valence-electron chi connectivity index (χ0n) is 8.06. The third kappa shape index (κ3) is 1.42. The molecule has 2 rings (SSSR count). The lowest BCUT2D eigenvalue weighted by atomic mass is 9.98. The highest BCUT2D eigenvalue weighted by Crippen LogP contribution is 2.25. The number of rotatable bonds is 2. The van der Waals surface area contributed by atoms with Gasteiger partial charge in [0.05, 0.1) is 18.7 Å². The molecule has 1 saturated heterocycles. The number of β-amino-alcohol motifs (C(OH)–C–C–N with tert-alkyl or cyclic N) is 1. The molecule has 4 heteroatoms. The molecule has 4 nitrogen and oxygen atoms in total. The average Bonchev–Trinajstić information content (AvgIpc) is 2.46.